The second-order valence-corrected chi connectivity index (χ2v) is 1.87. The van der Waals surface area contributed by atoms with Crippen molar-refractivity contribution in [2.24, 2.45) is 0 Å². The van der Waals surface area contributed by atoms with Crippen molar-refractivity contribution in [1.82, 2.24) is 0 Å². The van der Waals surface area contributed by atoms with Gasteiger partial charge in [0.05, 0.1) is 0 Å². The summed E-state index contributed by atoms with van der Waals surface area (Å²) in [6.07, 6.45) is 0. The van der Waals surface area contributed by atoms with E-state index in [9.17, 15) is 0 Å². The van der Waals surface area contributed by atoms with E-state index in [1.165, 1.54) is 0 Å². The van der Waals surface area contributed by atoms with Crippen LogP contribution in [0.2, 0.25) is 0 Å². The van der Waals surface area contributed by atoms with E-state index in [2.05, 4.69) is 5.23 Å². The van der Waals surface area contributed by atoms with Gasteiger partial charge < -0.3 is 11.0 Å². The van der Waals surface area contributed by atoms with Crippen LogP contribution in [-0.4, -0.2) is 7.98 Å². The minimum absolute atomic E-state index is 0.800. The maximum absolute atomic E-state index is 5.45. The van der Waals surface area contributed by atoms with Gasteiger partial charge in [-0.05, 0) is 24.3 Å². The third-order valence-corrected chi connectivity index (χ3v) is 1.20. The summed E-state index contributed by atoms with van der Waals surface area (Å²) in [5.74, 6) is 0. The topological polar surface area (TPSA) is 38.0 Å². The number of nitrogen functional groups attached to an aromatic ring is 1. The first-order valence-corrected chi connectivity index (χ1v) is 2.86. The molecule has 1 aromatic carbocycles. The molecule has 46 valence electrons. The Labute approximate surface area is 55.5 Å². The number of rotatable bonds is 1. The molecular formula is C6H9BN2. The molecule has 3 heteroatoms. The van der Waals surface area contributed by atoms with Crippen LogP contribution in [-0.2, 0) is 0 Å². The van der Waals surface area contributed by atoms with Gasteiger partial charge in [-0.3, -0.25) is 0 Å². The van der Waals surface area contributed by atoms with Crippen LogP contribution in [0.3, 0.4) is 0 Å². The van der Waals surface area contributed by atoms with Crippen molar-refractivity contribution in [1.29, 1.82) is 0 Å². The third kappa shape index (κ3) is 1.39. The molecule has 2 nitrogen and oxygen atoms in total. The molecule has 0 heterocycles. The van der Waals surface area contributed by atoms with Crippen LogP contribution in [0.25, 0.3) is 0 Å². The Kier molecular flexibility index (Phi) is 1.63. The minimum Gasteiger partial charge on any atom is -0.434 e. The van der Waals surface area contributed by atoms with Gasteiger partial charge in [-0.1, -0.05) is 0 Å². The smallest absolute Gasteiger partial charge is 0.213 e. The fourth-order valence-corrected chi connectivity index (χ4v) is 0.650. The Morgan fingerprint density at radius 1 is 1.22 bits per heavy atom. The van der Waals surface area contributed by atoms with E-state index in [4.69, 9.17) is 5.73 Å². The van der Waals surface area contributed by atoms with E-state index in [-0.39, 0.29) is 0 Å². The zero-order chi connectivity index (χ0) is 6.69. The Hall–Kier alpha value is -1.12. The molecule has 0 aliphatic carbocycles. The van der Waals surface area contributed by atoms with Crippen LogP contribution in [0.4, 0.5) is 11.4 Å². The molecular weight excluding hydrogens is 111 g/mol. The molecule has 0 aromatic heterocycles. The predicted molar refractivity (Wildman–Crippen MR) is 43.0 cm³/mol. The molecule has 0 aliphatic heterocycles. The zero-order valence-electron chi connectivity index (χ0n) is 5.39. The summed E-state index contributed by atoms with van der Waals surface area (Å²) in [5.41, 5.74) is 7.34. The summed E-state index contributed by atoms with van der Waals surface area (Å²) in [4.78, 5) is 0. The van der Waals surface area contributed by atoms with Gasteiger partial charge in [0.1, 0.15) is 0 Å². The van der Waals surface area contributed by atoms with Gasteiger partial charge in [0.15, 0.2) is 0 Å². The largest absolute Gasteiger partial charge is 0.434 e. The monoisotopic (exact) mass is 120 g/mol. The van der Waals surface area contributed by atoms with Crippen LogP contribution >= 0.6 is 0 Å². The van der Waals surface area contributed by atoms with Crippen LogP contribution in [0.5, 0.6) is 0 Å². The molecule has 3 N–H and O–H groups in total. The average Bonchev–Trinajstić information content (AvgIpc) is 1.90. The van der Waals surface area contributed by atoms with E-state index < -0.39 is 0 Å². The van der Waals surface area contributed by atoms with E-state index >= 15 is 0 Å². The van der Waals surface area contributed by atoms with E-state index in [0.717, 1.165) is 11.4 Å². The molecule has 0 aliphatic rings. The molecule has 0 bridgehead atoms. The molecule has 0 spiro atoms. The Balaban J connectivity index is 2.88. The van der Waals surface area contributed by atoms with Gasteiger partial charge in [-0.25, -0.2) is 0 Å². The number of hydrogen-bond acceptors (Lipinski definition) is 2. The third-order valence-electron chi connectivity index (χ3n) is 1.20. The predicted octanol–water partition coefficient (Wildman–Crippen LogP) is 0.229. The second kappa shape index (κ2) is 2.44. The van der Waals surface area contributed by atoms with Crippen LogP contribution in [0.1, 0.15) is 0 Å². The standard InChI is InChI=1S/C6H9BN2/c7-9-6-3-1-5(8)2-4-6/h1-4,9H,7-8H2. The first-order valence-electron chi connectivity index (χ1n) is 2.86. The highest BCUT2D eigenvalue weighted by molar-refractivity contribution is 6.15. The molecule has 0 saturated heterocycles. The lowest BCUT2D eigenvalue weighted by atomic mass is 10.2. The van der Waals surface area contributed by atoms with Crippen molar-refractivity contribution >= 4 is 19.4 Å². The SMILES string of the molecule is BNc1ccc(N)cc1. The van der Waals surface area contributed by atoms with Gasteiger partial charge in [0.25, 0.3) is 0 Å². The van der Waals surface area contributed by atoms with E-state index in [1.54, 1.807) is 0 Å². The second-order valence-electron chi connectivity index (χ2n) is 1.87. The van der Waals surface area contributed by atoms with Crippen molar-refractivity contribution < 1.29 is 0 Å². The van der Waals surface area contributed by atoms with E-state index in [0.29, 0.717) is 0 Å². The van der Waals surface area contributed by atoms with Gasteiger partial charge in [0.2, 0.25) is 7.98 Å². The van der Waals surface area contributed by atoms with Gasteiger partial charge in [-0.2, -0.15) is 0 Å². The van der Waals surface area contributed by atoms with E-state index in [1.807, 2.05) is 32.2 Å². The molecule has 0 fully saturated rings. The molecule has 1 rings (SSSR count). The lowest BCUT2D eigenvalue weighted by molar-refractivity contribution is 1.66. The molecule has 0 amide bonds. The van der Waals surface area contributed by atoms with Crippen molar-refractivity contribution in [3.63, 3.8) is 0 Å². The number of benzene rings is 1. The first-order chi connectivity index (χ1) is 4.33. The molecule has 1 aromatic rings. The maximum atomic E-state index is 5.45. The molecule has 9 heavy (non-hydrogen) atoms. The lowest BCUT2D eigenvalue weighted by Gasteiger charge is -1.97. The molecule has 0 atom stereocenters. The number of nitrogens with one attached hydrogen (secondary N) is 1. The Morgan fingerprint density at radius 2 is 1.78 bits per heavy atom. The summed E-state index contributed by atoms with van der Waals surface area (Å²) in [5, 5.41) is 3.00. The summed E-state index contributed by atoms with van der Waals surface area (Å²) < 4.78 is 0. The Morgan fingerprint density at radius 3 is 2.22 bits per heavy atom. The van der Waals surface area contributed by atoms with Crippen molar-refractivity contribution in [2.45, 2.75) is 0 Å². The Bertz CT molecular complexity index is 183. The maximum Gasteiger partial charge on any atom is 0.213 e. The van der Waals surface area contributed by atoms with Gasteiger partial charge in [0, 0.05) is 11.4 Å². The summed E-state index contributed by atoms with van der Waals surface area (Å²) in [7, 11) is 1.88. The van der Waals surface area contributed by atoms with Gasteiger partial charge in [-0.15, -0.1) is 0 Å². The molecule has 0 radical (unpaired) electrons. The normalized spacial score (nSPS) is 8.89. The van der Waals surface area contributed by atoms with Crippen molar-refractivity contribution in [3.05, 3.63) is 24.3 Å². The molecule has 0 unspecified atom stereocenters. The highest BCUT2D eigenvalue weighted by atomic mass is 14.7. The minimum atomic E-state index is 0.800. The fourth-order valence-electron chi connectivity index (χ4n) is 0.650. The summed E-state index contributed by atoms with van der Waals surface area (Å²) >= 11 is 0. The number of nitrogens with two attached hydrogens (primary N) is 1. The van der Waals surface area contributed by atoms with Gasteiger partial charge >= 0.3 is 0 Å². The highest BCUT2D eigenvalue weighted by Gasteiger charge is 1.84. The molecule has 0 saturated carbocycles. The number of hydrogen-bond donors (Lipinski definition) is 2. The average molecular weight is 120 g/mol. The highest BCUT2D eigenvalue weighted by Crippen LogP contribution is 2.08. The quantitative estimate of drug-likeness (QED) is 0.411. The van der Waals surface area contributed by atoms with Crippen LogP contribution in [0, 0.1) is 0 Å². The summed E-state index contributed by atoms with van der Waals surface area (Å²) in [6, 6.07) is 7.61. The zero-order valence-corrected chi connectivity index (χ0v) is 5.39. The van der Waals surface area contributed by atoms with Crippen molar-refractivity contribution in [2.75, 3.05) is 11.0 Å². The first kappa shape index (κ1) is 6.01. The number of anilines is 2. The van der Waals surface area contributed by atoms with Crippen LogP contribution in [0.15, 0.2) is 24.3 Å². The summed E-state index contributed by atoms with van der Waals surface area (Å²) in [6.45, 7) is 0. The van der Waals surface area contributed by atoms with Crippen molar-refractivity contribution in [3.8, 4) is 0 Å². The fraction of sp³-hybridized carbons (Fsp3) is 0. The lowest BCUT2D eigenvalue weighted by Crippen LogP contribution is -1.90. The van der Waals surface area contributed by atoms with Crippen LogP contribution < -0.4 is 11.0 Å².